The van der Waals surface area contributed by atoms with Crippen LogP contribution in [-0.2, 0) is 60.7 Å². The van der Waals surface area contributed by atoms with Crippen molar-refractivity contribution in [2.75, 3.05) is 26.2 Å². The fourth-order valence-electron chi connectivity index (χ4n) is 7.14. The van der Waals surface area contributed by atoms with E-state index in [4.69, 9.17) is 9.47 Å². The molecule has 0 bridgehead atoms. The van der Waals surface area contributed by atoms with Gasteiger partial charge in [-0.2, -0.15) is 0 Å². The molecule has 66 heavy (non-hydrogen) atoms. The van der Waals surface area contributed by atoms with E-state index < -0.39 is 116 Å². The molecule has 18 nitrogen and oxygen atoms in total. The summed E-state index contributed by atoms with van der Waals surface area (Å²) in [4.78, 5) is 106. The largest absolute Gasteiger partial charge is 0.459 e. The molecule has 2 aliphatic heterocycles. The third kappa shape index (κ3) is 16.9. The van der Waals surface area contributed by atoms with Gasteiger partial charge in [0.15, 0.2) is 0 Å². The van der Waals surface area contributed by atoms with Crippen LogP contribution in [0.15, 0.2) is 60.7 Å². The normalized spacial score (nSPS) is 20.7. The average Bonchev–Trinajstić information content (AvgIpc) is 3.71. The zero-order chi connectivity index (χ0) is 49.0. The van der Waals surface area contributed by atoms with Crippen molar-refractivity contribution in [2.24, 2.45) is 0 Å². The second-order valence-corrected chi connectivity index (χ2v) is 22.7. The monoisotopic (exact) mass is 954 g/mol. The molecule has 0 spiro atoms. The maximum absolute atomic E-state index is 13.7. The van der Waals surface area contributed by atoms with Gasteiger partial charge in [0.05, 0.1) is 23.6 Å². The Morgan fingerprint density at radius 2 is 0.894 bits per heavy atom. The first-order chi connectivity index (χ1) is 30.7. The van der Waals surface area contributed by atoms with Crippen molar-refractivity contribution in [1.82, 2.24) is 42.5 Å². The Morgan fingerprint density at radius 1 is 0.561 bits per heavy atom. The fraction of sp³-hybridized carbons (Fsp3) is 0.565. The van der Waals surface area contributed by atoms with E-state index in [0.717, 1.165) is 11.1 Å². The van der Waals surface area contributed by atoms with E-state index in [1.807, 2.05) is 39.8 Å². The first-order valence-corrected chi connectivity index (χ1v) is 23.6. The average molecular weight is 955 g/mol. The number of rotatable bonds is 19. The van der Waals surface area contributed by atoms with E-state index in [1.54, 1.807) is 90.1 Å². The van der Waals surface area contributed by atoms with E-state index in [-0.39, 0.29) is 25.9 Å². The number of esters is 2. The summed E-state index contributed by atoms with van der Waals surface area (Å²) < 4.78 is 9.10. The molecule has 2 aromatic carbocycles. The van der Waals surface area contributed by atoms with Gasteiger partial charge in [0, 0.05) is 22.6 Å². The Hall–Kier alpha value is -5.18. The van der Waals surface area contributed by atoms with Gasteiger partial charge in [-0.15, -0.1) is 23.5 Å². The molecule has 4 rings (SSSR count). The molecule has 6 amide bonds. The van der Waals surface area contributed by atoms with Gasteiger partial charge in [-0.1, -0.05) is 60.7 Å². The summed E-state index contributed by atoms with van der Waals surface area (Å²) in [5.41, 5.74) is -0.0758. The number of benzene rings is 2. The van der Waals surface area contributed by atoms with Gasteiger partial charge in [-0.3, -0.25) is 49.0 Å². The lowest BCUT2D eigenvalue weighted by Gasteiger charge is -2.25. The van der Waals surface area contributed by atoms with Crippen molar-refractivity contribution in [2.45, 2.75) is 138 Å². The molecule has 0 aromatic heterocycles. The molecule has 2 saturated heterocycles. The number of amides is 6. The molecular weight excluding hydrogens is 889 g/mol. The summed E-state index contributed by atoms with van der Waals surface area (Å²) in [5, 5.41) is 21.3. The van der Waals surface area contributed by atoms with Crippen LogP contribution >= 0.6 is 23.5 Å². The van der Waals surface area contributed by atoms with Crippen molar-refractivity contribution < 1.29 is 47.8 Å². The molecule has 0 unspecified atom stereocenters. The minimum Gasteiger partial charge on any atom is -0.459 e. The quantitative estimate of drug-likeness (QED) is 0.0729. The van der Waals surface area contributed by atoms with Crippen molar-refractivity contribution >= 4 is 70.9 Å². The third-order valence-corrected chi connectivity index (χ3v) is 13.0. The van der Waals surface area contributed by atoms with Crippen LogP contribution < -0.4 is 42.5 Å². The van der Waals surface area contributed by atoms with Crippen LogP contribution in [0.25, 0.3) is 0 Å². The number of nitrogens with one attached hydrogen (secondary N) is 8. The highest BCUT2D eigenvalue weighted by molar-refractivity contribution is 8.01. The zero-order valence-electron chi connectivity index (χ0n) is 39.4. The lowest BCUT2D eigenvalue weighted by atomic mass is 10.0. The van der Waals surface area contributed by atoms with Crippen LogP contribution in [0.1, 0.15) is 80.4 Å². The second kappa shape index (κ2) is 23.0. The molecule has 2 aliphatic rings. The van der Waals surface area contributed by atoms with Gasteiger partial charge >= 0.3 is 11.9 Å². The Bertz CT molecular complexity index is 1910. The molecule has 2 heterocycles. The third-order valence-electron chi connectivity index (χ3n) is 10.0. The molecule has 0 aliphatic carbocycles. The zero-order valence-corrected chi connectivity index (χ0v) is 41.0. The van der Waals surface area contributed by atoms with E-state index >= 15 is 0 Å². The summed E-state index contributed by atoms with van der Waals surface area (Å²) >= 11 is 2.57. The lowest BCUT2D eigenvalue weighted by Crippen LogP contribution is -2.59. The van der Waals surface area contributed by atoms with Crippen LogP contribution in [0.5, 0.6) is 0 Å². The maximum Gasteiger partial charge on any atom is 0.325 e. The molecule has 0 saturated carbocycles. The van der Waals surface area contributed by atoms with Crippen molar-refractivity contribution in [3.05, 3.63) is 71.8 Å². The molecule has 6 atom stereocenters. The van der Waals surface area contributed by atoms with E-state index in [2.05, 4.69) is 42.5 Å². The van der Waals surface area contributed by atoms with Gasteiger partial charge in [0.2, 0.25) is 35.4 Å². The molecule has 2 fully saturated rings. The Balaban J connectivity index is 1.37. The minimum atomic E-state index is -1.18. The molecule has 20 heteroatoms. The lowest BCUT2D eigenvalue weighted by molar-refractivity contribution is -0.155. The molecule has 8 N–H and O–H groups in total. The van der Waals surface area contributed by atoms with Crippen molar-refractivity contribution in [3.8, 4) is 0 Å². The van der Waals surface area contributed by atoms with Crippen LogP contribution in [0.2, 0.25) is 0 Å². The smallest absolute Gasteiger partial charge is 0.325 e. The summed E-state index contributed by atoms with van der Waals surface area (Å²) in [6, 6.07) is 14.0. The first kappa shape index (κ1) is 53.4. The number of ether oxygens (including phenoxy) is 2. The fourth-order valence-corrected chi connectivity index (χ4v) is 10.1. The first-order valence-electron chi connectivity index (χ1n) is 21.8. The van der Waals surface area contributed by atoms with E-state index in [1.165, 1.54) is 23.5 Å². The van der Waals surface area contributed by atoms with Crippen LogP contribution in [0.4, 0.5) is 0 Å². The highest BCUT2D eigenvalue weighted by atomic mass is 32.2. The second-order valence-electron chi connectivity index (χ2n) is 19.1. The van der Waals surface area contributed by atoms with Crippen LogP contribution in [-0.4, -0.2) is 129 Å². The number of hydrogen-bond acceptors (Lipinski definition) is 14. The number of carbonyl (C=O) groups excluding carboxylic acids is 8. The maximum atomic E-state index is 13.7. The van der Waals surface area contributed by atoms with Crippen molar-refractivity contribution in [3.63, 3.8) is 0 Å². The number of carbonyl (C=O) groups is 8. The van der Waals surface area contributed by atoms with Gasteiger partial charge in [0.1, 0.15) is 48.5 Å². The van der Waals surface area contributed by atoms with E-state index in [9.17, 15) is 38.4 Å². The Kier molecular flexibility index (Phi) is 18.6. The SMILES string of the molecule is CC(C)(C)OC(=O)CNC(=O)[C@@H](NC(=O)Cc1ccccc1)[C@@H]1N[C@@H](C(=O)NCCNC(=O)[C@@H]2N[C@@H]([C@H](NC(=O)Cc3ccccc3)C(=O)NCC(=O)OC(C)(C)C)SC2(C)C)C(C)(C)S1. The van der Waals surface area contributed by atoms with Crippen LogP contribution in [0.3, 0.4) is 0 Å². The Morgan fingerprint density at radius 3 is 1.21 bits per heavy atom. The highest BCUT2D eigenvalue weighted by Gasteiger charge is 2.50. The Labute approximate surface area is 395 Å². The topological polar surface area (TPSA) is 251 Å². The molecule has 362 valence electrons. The van der Waals surface area contributed by atoms with Gasteiger partial charge in [-0.05, 0) is 80.4 Å². The summed E-state index contributed by atoms with van der Waals surface area (Å²) in [6.45, 7) is 16.8. The highest BCUT2D eigenvalue weighted by Crippen LogP contribution is 2.40. The summed E-state index contributed by atoms with van der Waals surface area (Å²) in [7, 11) is 0. The molecule has 0 radical (unpaired) electrons. The predicted molar refractivity (Wildman–Crippen MR) is 253 cm³/mol. The minimum absolute atomic E-state index is 0.00289. The van der Waals surface area contributed by atoms with Gasteiger partial charge in [-0.25, -0.2) is 0 Å². The van der Waals surface area contributed by atoms with Crippen molar-refractivity contribution in [1.29, 1.82) is 0 Å². The van der Waals surface area contributed by atoms with E-state index in [0.29, 0.717) is 0 Å². The molecular formula is C46H66N8O10S2. The number of thioether (sulfide) groups is 2. The summed E-state index contributed by atoms with van der Waals surface area (Å²) in [6.07, 6.45) is -0.00578. The van der Waals surface area contributed by atoms with Crippen LogP contribution in [0, 0.1) is 0 Å². The summed E-state index contributed by atoms with van der Waals surface area (Å²) in [5.74, 6) is -4.27. The molecule has 2 aromatic rings. The number of hydrogen-bond donors (Lipinski definition) is 8. The standard InChI is InChI=1S/C46H66N8O10S2/c1-43(2,3)63-31(57)25-49-37(59)33(51-29(55)23-27-17-13-11-14-18-27)41-53-35(45(7,8)65-41)39(61)47-21-22-48-40(62)36-46(9,10)66-42(54-36)34(38(60)50-26-32(58)64-44(4,5)6)52-30(56)24-28-19-15-12-16-20-28/h11-20,33-36,41-42,53-54H,21-26H2,1-10H3,(H,47,61)(H,48,62)(H,49,59)(H,50,60)(H,51,55)(H,52,56)/t33-,34-,35+,36+,41-,42-/m1/s1. The van der Waals surface area contributed by atoms with Gasteiger partial charge in [0.25, 0.3) is 0 Å². The van der Waals surface area contributed by atoms with Gasteiger partial charge < -0.3 is 41.4 Å². The predicted octanol–water partition coefficient (Wildman–Crippen LogP) is 1.21.